The number of halogens is 1. The lowest BCUT2D eigenvalue weighted by Crippen LogP contribution is -2.21. The van der Waals surface area contributed by atoms with E-state index >= 15 is 0 Å². The Morgan fingerprint density at radius 2 is 1.73 bits per heavy atom. The van der Waals surface area contributed by atoms with Crippen LogP contribution in [0.2, 0.25) is 5.02 Å². The summed E-state index contributed by atoms with van der Waals surface area (Å²) in [4.78, 5) is 28.1. The summed E-state index contributed by atoms with van der Waals surface area (Å²) >= 11 is 7.29. The molecule has 4 aromatic rings. The lowest BCUT2D eigenvalue weighted by molar-refractivity contribution is -0.118. The molecule has 0 atom stereocenters. The van der Waals surface area contributed by atoms with Crippen LogP contribution in [0.5, 0.6) is 0 Å². The van der Waals surface area contributed by atoms with Crippen LogP contribution in [0.3, 0.4) is 0 Å². The van der Waals surface area contributed by atoms with Gasteiger partial charge in [-0.15, -0.1) is 11.3 Å². The molecule has 0 aliphatic heterocycles. The van der Waals surface area contributed by atoms with Gasteiger partial charge in [-0.1, -0.05) is 48.0 Å². The Hall–Kier alpha value is -3.49. The summed E-state index contributed by atoms with van der Waals surface area (Å²) in [5.41, 5.74) is 4.85. The van der Waals surface area contributed by atoms with Crippen LogP contribution in [0.15, 0.2) is 60.0 Å². The fourth-order valence-corrected chi connectivity index (χ4v) is 4.07. The standard InChI is InChI=1S/C24H22ClN5O2S/c1-15(31)26-12-2-3-16-4-6-18(7-5-16)22-14-33-24(27-22)28-23(32)21-13-20(29-30-21)17-8-10-19(25)11-9-17/h4-11,13-14H,2-3,12H2,1H3,(H,26,31)(H,29,30)(H,27,28,32). The Kier molecular flexibility index (Phi) is 7.16. The number of aromatic nitrogens is 3. The molecule has 7 nitrogen and oxygen atoms in total. The van der Waals surface area contributed by atoms with E-state index in [1.54, 1.807) is 18.2 Å². The number of nitrogens with zero attached hydrogens (tertiary/aromatic N) is 2. The number of rotatable bonds is 8. The third-order valence-corrected chi connectivity index (χ3v) is 5.96. The maximum atomic E-state index is 12.6. The summed E-state index contributed by atoms with van der Waals surface area (Å²) in [5, 5.41) is 15.7. The molecule has 0 aliphatic carbocycles. The highest BCUT2D eigenvalue weighted by atomic mass is 35.5. The van der Waals surface area contributed by atoms with E-state index in [2.05, 4.69) is 37.9 Å². The van der Waals surface area contributed by atoms with Gasteiger partial charge in [0.25, 0.3) is 5.91 Å². The molecule has 0 bridgehead atoms. The molecular weight excluding hydrogens is 458 g/mol. The van der Waals surface area contributed by atoms with E-state index in [0.29, 0.717) is 28.1 Å². The number of thiazole rings is 1. The van der Waals surface area contributed by atoms with Crippen molar-refractivity contribution in [3.63, 3.8) is 0 Å². The van der Waals surface area contributed by atoms with Gasteiger partial charge in [0.1, 0.15) is 5.69 Å². The van der Waals surface area contributed by atoms with Crippen molar-refractivity contribution >= 4 is 39.9 Å². The van der Waals surface area contributed by atoms with Crippen LogP contribution in [0.1, 0.15) is 29.4 Å². The van der Waals surface area contributed by atoms with E-state index in [4.69, 9.17) is 11.6 Å². The number of H-pyrrole nitrogens is 1. The second-order valence-electron chi connectivity index (χ2n) is 7.45. The maximum absolute atomic E-state index is 12.6. The molecule has 0 radical (unpaired) electrons. The van der Waals surface area contributed by atoms with Gasteiger partial charge in [-0.25, -0.2) is 4.98 Å². The fraction of sp³-hybridized carbons (Fsp3) is 0.167. The molecule has 2 aromatic carbocycles. The van der Waals surface area contributed by atoms with Gasteiger partial charge in [0, 0.05) is 35.0 Å². The van der Waals surface area contributed by atoms with Crippen molar-refractivity contribution < 1.29 is 9.59 Å². The van der Waals surface area contributed by atoms with Crippen LogP contribution in [0.25, 0.3) is 22.5 Å². The van der Waals surface area contributed by atoms with Gasteiger partial charge in [-0.05, 0) is 36.6 Å². The zero-order valence-corrected chi connectivity index (χ0v) is 19.5. The SMILES string of the molecule is CC(=O)NCCCc1ccc(-c2csc(NC(=O)c3cc(-c4ccc(Cl)cc4)n[nH]3)n2)cc1. The zero-order chi connectivity index (χ0) is 23.2. The maximum Gasteiger partial charge on any atom is 0.275 e. The van der Waals surface area contributed by atoms with Crippen LogP contribution >= 0.6 is 22.9 Å². The molecule has 0 aliphatic rings. The highest BCUT2D eigenvalue weighted by Crippen LogP contribution is 2.26. The topological polar surface area (TPSA) is 99.8 Å². The van der Waals surface area contributed by atoms with E-state index in [1.807, 2.05) is 29.6 Å². The monoisotopic (exact) mass is 479 g/mol. The van der Waals surface area contributed by atoms with Crippen molar-refractivity contribution in [3.8, 4) is 22.5 Å². The first-order valence-corrected chi connectivity index (χ1v) is 11.7. The Morgan fingerprint density at radius 3 is 2.45 bits per heavy atom. The molecule has 168 valence electrons. The van der Waals surface area contributed by atoms with Gasteiger partial charge in [-0.3, -0.25) is 20.0 Å². The predicted octanol–water partition coefficient (Wildman–Crippen LogP) is 5.17. The van der Waals surface area contributed by atoms with Crippen molar-refractivity contribution in [2.24, 2.45) is 0 Å². The molecule has 0 unspecified atom stereocenters. The first kappa shape index (κ1) is 22.7. The van der Waals surface area contributed by atoms with Gasteiger partial charge >= 0.3 is 0 Å². The van der Waals surface area contributed by atoms with Crippen LogP contribution in [0, 0.1) is 0 Å². The van der Waals surface area contributed by atoms with Crippen LogP contribution in [-0.2, 0) is 11.2 Å². The minimum Gasteiger partial charge on any atom is -0.356 e. The lowest BCUT2D eigenvalue weighted by atomic mass is 10.1. The number of carbonyl (C=O) groups is 2. The molecule has 2 amide bonds. The number of nitrogens with one attached hydrogen (secondary N) is 3. The van der Waals surface area contributed by atoms with Gasteiger partial charge in [0.2, 0.25) is 5.91 Å². The van der Waals surface area contributed by atoms with E-state index in [9.17, 15) is 9.59 Å². The van der Waals surface area contributed by atoms with Gasteiger partial charge in [0.05, 0.1) is 11.4 Å². The second kappa shape index (κ2) is 10.4. The molecule has 0 saturated carbocycles. The minimum atomic E-state index is -0.307. The Morgan fingerprint density at radius 1 is 1.03 bits per heavy atom. The average molecular weight is 480 g/mol. The van der Waals surface area contributed by atoms with Crippen molar-refractivity contribution in [2.45, 2.75) is 19.8 Å². The van der Waals surface area contributed by atoms with E-state index < -0.39 is 0 Å². The third kappa shape index (κ3) is 6.06. The van der Waals surface area contributed by atoms with E-state index in [1.165, 1.54) is 23.8 Å². The number of hydrogen-bond donors (Lipinski definition) is 3. The van der Waals surface area contributed by atoms with Crippen LogP contribution in [0.4, 0.5) is 5.13 Å². The fourth-order valence-electron chi connectivity index (χ4n) is 3.23. The summed E-state index contributed by atoms with van der Waals surface area (Å²) in [6, 6.07) is 17.1. The molecule has 2 aromatic heterocycles. The molecule has 0 fully saturated rings. The second-order valence-corrected chi connectivity index (χ2v) is 8.74. The summed E-state index contributed by atoms with van der Waals surface area (Å²) in [5.74, 6) is -0.315. The van der Waals surface area contributed by atoms with Crippen LogP contribution in [-0.4, -0.2) is 33.5 Å². The molecule has 0 saturated heterocycles. The highest BCUT2D eigenvalue weighted by Gasteiger charge is 2.14. The number of amides is 2. The van der Waals surface area contributed by atoms with Gasteiger partial charge in [0.15, 0.2) is 5.13 Å². The van der Waals surface area contributed by atoms with E-state index in [0.717, 1.165) is 29.7 Å². The van der Waals surface area contributed by atoms with Crippen molar-refractivity contribution in [1.29, 1.82) is 0 Å². The number of aryl methyl sites for hydroxylation is 1. The molecule has 33 heavy (non-hydrogen) atoms. The Bertz CT molecular complexity index is 1250. The molecule has 9 heteroatoms. The van der Waals surface area contributed by atoms with E-state index in [-0.39, 0.29) is 11.8 Å². The first-order valence-electron chi connectivity index (χ1n) is 10.4. The highest BCUT2D eigenvalue weighted by molar-refractivity contribution is 7.14. The number of hydrogen-bond acceptors (Lipinski definition) is 5. The number of benzene rings is 2. The molecule has 3 N–H and O–H groups in total. The largest absolute Gasteiger partial charge is 0.356 e. The lowest BCUT2D eigenvalue weighted by Gasteiger charge is -2.04. The third-order valence-electron chi connectivity index (χ3n) is 4.95. The molecular formula is C24H22ClN5O2S. The molecule has 4 rings (SSSR count). The van der Waals surface area contributed by atoms with Crippen molar-refractivity contribution in [1.82, 2.24) is 20.5 Å². The van der Waals surface area contributed by atoms with Gasteiger partial charge < -0.3 is 5.32 Å². The molecule has 0 spiro atoms. The molecule has 2 heterocycles. The van der Waals surface area contributed by atoms with Crippen LogP contribution < -0.4 is 10.6 Å². The van der Waals surface area contributed by atoms with Crippen molar-refractivity contribution in [3.05, 3.63) is 76.3 Å². The van der Waals surface area contributed by atoms with Gasteiger partial charge in [-0.2, -0.15) is 5.10 Å². The summed E-state index contributed by atoms with van der Waals surface area (Å²) in [7, 11) is 0. The zero-order valence-electron chi connectivity index (χ0n) is 17.9. The number of anilines is 1. The summed E-state index contributed by atoms with van der Waals surface area (Å²) < 4.78 is 0. The summed E-state index contributed by atoms with van der Waals surface area (Å²) in [6.07, 6.45) is 1.78. The predicted molar refractivity (Wildman–Crippen MR) is 132 cm³/mol. The minimum absolute atomic E-state index is 0.00805. The smallest absolute Gasteiger partial charge is 0.275 e. The summed E-state index contributed by atoms with van der Waals surface area (Å²) in [6.45, 7) is 2.19. The Labute approximate surface area is 200 Å². The first-order chi connectivity index (χ1) is 16.0. The number of carbonyl (C=O) groups excluding carboxylic acids is 2. The normalized spacial score (nSPS) is 10.7. The number of aromatic amines is 1. The van der Waals surface area contributed by atoms with Crippen molar-refractivity contribution in [2.75, 3.05) is 11.9 Å². The quantitative estimate of drug-likeness (QED) is 0.303. The Balaban J connectivity index is 1.35. The average Bonchev–Trinajstić information content (AvgIpc) is 3.48.